The van der Waals surface area contributed by atoms with Crippen molar-refractivity contribution in [3.05, 3.63) is 187 Å². The molecule has 0 aliphatic heterocycles. The second kappa shape index (κ2) is 9.97. The Bertz CT molecular complexity index is 2240. The lowest BCUT2D eigenvalue weighted by atomic mass is 9.86. The molecule has 9 rings (SSSR count). The number of nitrogens with zero attached hydrogens (tertiary/aromatic N) is 1. The van der Waals surface area contributed by atoms with Gasteiger partial charge in [0.05, 0.1) is 11.0 Å². The van der Waals surface area contributed by atoms with Gasteiger partial charge in [-0.3, -0.25) is 0 Å². The summed E-state index contributed by atoms with van der Waals surface area (Å²) in [6.07, 6.45) is 0. The van der Waals surface area contributed by atoms with Gasteiger partial charge in [0.1, 0.15) is 0 Å². The first-order valence-electron chi connectivity index (χ1n) is 15.3. The molecule has 44 heavy (non-hydrogen) atoms. The average Bonchev–Trinajstić information content (AvgIpc) is 3.62. The fraction of sp³-hybridized carbons (Fsp3) is 0.0233. The van der Waals surface area contributed by atoms with E-state index in [1.165, 1.54) is 77.6 Å². The summed E-state index contributed by atoms with van der Waals surface area (Å²) >= 11 is 0. The van der Waals surface area contributed by atoms with Crippen molar-refractivity contribution in [2.75, 3.05) is 0 Å². The Morgan fingerprint density at radius 3 is 1.45 bits per heavy atom. The van der Waals surface area contributed by atoms with Crippen LogP contribution in [0.2, 0.25) is 0 Å². The van der Waals surface area contributed by atoms with Crippen LogP contribution in [0.15, 0.2) is 170 Å². The van der Waals surface area contributed by atoms with Gasteiger partial charge in [-0.15, -0.1) is 0 Å². The van der Waals surface area contributed by atoms with Gasteiger partial charge in [-0.25, -0.2) is 0 Å². The summed E-state index contributed by atoms with van der Waals surface area (Å²) in [7, 11) is 0. The monoisotopic (exact) mass is 559 g/mol. The van der Waals surface area contributed by atoms with E-state index in [2.05, 4.69) is 174 Å². The Kier molecular flexibility index (Phi) is 5.64. The maximum atomic E-state index is 2.45. The van der Waals surface area contributed by atoms with Crippen LogP contribution >= 0.6 is 0 Å². The third-order valence-electron chi connectivity index (χ3n) is 9.27. The van der Waals surface area contributed by atoms with Crippen LogP contribution in [0.4, 0.5) is 0 Å². The molecule has 7 aromatic carbocycles. The summed E-state index contributed by atoms with van der Waals surface area (Å²) in [5.41, 5.74) is 15.3. The highest BCUT2D eigenvalue weighted by molar-refractivity contribution is 6.09. The quantitative estimate of drug-likeness (QED) is 0.202. The molecule has 0 bridgehead atoms. The van der Waals surface area contributed by atoms with Crippen LogP contribution in [0.5, 0.6) is 0 Å². The van der Waals surface area contributed by atoms with Crippen LogP contribution < -0.4 is 0 Å². The Hall–Kier alpha value is -5.66. The number of fused-ring (bicyclic) bond motifs is 6. The van der Waals surface area contributed by atoms with E-state index in [0.717, 1.165) is 0 Å². The topological polar surface area (TPSA) is 4.93 Å². The third-order valence-corrected chi connectivity index (χ3v) is 9.27. The summed E-state index contributed by atoms with van der Waals surface area (Å²) in [6.45, 7) is 0. The fourth-order valence-corrected chi connectivity index (χ4v) is 7.41. The summed E-state index contributed by atoms with van der Waals surface area (Å²) in [6, 6.07) is 62.2. The maximum Gasteiger partial charge on any atom is 0.0541 e. The van der Waals surface area contributed by atoms with Gasteiger partial charge in [0.2, 0.25) is 0 Å². The van der Waals surface area contributed by atoms with Crippen molar-refractivity contribution in [3.63, 3.8) is 0 Å². The van der Waals surface area contributed by atoms with Gasteiger partial charge in [-0.05, 0) is 74.3 Å². The molecule has 1 aliphatic carbocycles. The van der Waals surface area contributed by atoms with Crippen LogP contribution in [0.3, 0.4) is 0 Å². The molecule has 0 spiro atoms. The minimum Gasteiger partial charge on any atom is -0.309 e. The van der Waals surface area contributed by atoms with Gasteiger partial charge in [0.15, 0.2) is 0 Å². The molecule has 8 aromatic rings. The lowest BCUT2D eigenvalue weighted by Crippen LogP contribution is -2.03. The van der Waals surface area contributed by atoms with E-state index in [-0.39, 0.29) is 5.92 Å². The summed E-state index contributed by atoms with van der Waals surface area (Å²) in [5.74, 6) is 0.151. The number of benzene rings is 7. The first-order chi connectivity index (χ1) is 21.8. The molecule has 0 N–H and O–H groups in total. The van der Waals surface area contributed by atoms with Crippen molar-refractivity contribution >= 4 is 21.8 Å². The molecule has 0 unspecified atom stereocenters. The zero-order valence-electron chi connectivity index (χ0n) is 24.2. The molecule has 1 aromatic heterocycles. The third kappa shape index (κ3) is 3.80. The maximum absolute atomic E-state index is 2.45. The van der Waals surface area contributed by atoms with Crippen LogP contribution in [0.25, 0.3) is 60.9 Å². The average molecular weight is 560 g/mol. The fourth-order valence-electron chi connectivity index (χ4n) is 7.41. The van der Waals surface area contributed by atoms with Crippen molar-refractivity contribution in [1.29, 1.82) is 0 Å². The highest BCUT2D eigenvalue weighted by atomic mass is 15.0. The standard InChI is InChI=1S/C43H29N/c1-2-14-29(15-3-1)33-16-4-5-17-34(33)30-26-31(43-39-22-8-6-18-35(39)36-19-7-9-23-40(36)43)28-32(27-30)44-41-24-12-10-20-37(41)38-21-11-13-25-42(38)44/h1-28,43H. The number of hydrogen-bond donors (Lipinski definition) is 0. The normalized spacial score (nSPS) is 12.5. The van der Waals surface area contributed by atoms with Crippen molar-refractivity contribution < 1.29 is 0 Å². The second-order valence-corrected chi connectivity index (χ2v) is 11.7. The summed E-state index contributed by atoms with van der Waals surface area (Å²) in [4.78, 5) is 0. The summed E-state index contributed by atoms with van der Waals surface area (Å²) in [5, 5.41) is 2.55. The van der Waals surface area contributed by atoms with Gasteiger partial charge in [0.25, 0.3) is 0 Å². The SMILES string of the molecule is c1ccc(-c2ccccc2-c2cc(C3c4ccccc4-c4ccccc43)cc(-n3c4ccccc4c4ccccc43)c2)cc1. The zero-order valence-corrected chi connectivity index (χ0v) is 24.2. The first kappa shape index (κ1) is 24.9. The molecule has 0 radical (unpaired) electrons. The molecule has 206 valence electrons. The van der Waals surface area contributed by atoms with E-state index in [1.807, 2.05) is 0 Å². The molecule has 1 nitrogen and oxygen atoms in total. The lowest BCUT2D eigenvalue weighted by molar-refractivity contribution is 1.01. The van der Waals surface area contributed by atoms with Crippen molar-refractivity contribution in [1.82, 2.24) is 4.57 Å². The van der Waals surface area contributed by atoms with Gasteiger partial charge in [-0.1, -0.05) is 146 Å². The Morgan fingerprint density at radius 1 is 0.364 bits per heavy atom. The van der Waals surface area contributed by atoms with Crippen LogP contribution in [-0.2, 0) is 0 Å². The molecular weight excluding hydrogens is 530 g/mol. The van der Waals surface area contributed by atoms with Gasteiger partial charge in [0, 0.05) is 22.4 Å². The van der Waals surface area contributed by atoms with Crippen LogP contribution in [0.1, 0.15) is 22.6 Å². The first-order valence-corrected chi connectivity index (χ1v) is 15.3. The van der Waals surface area contributed by atoms with E-state index < -0.39 is 0 Å². The van der Waals surface area contributed by atoms with E-state index in [4.69, 9.17) is 0 Å². The highest BCUT2D eigenvalue weighted by Gasteiger charge is 2.30. The number of para-hydroxylation sites is 2. The molecule has 0 saturated heterocycles. The highest BCUT2D eigenvalue weighted by Crippen LogP contribution is 2.49. The van der Waals surface area contributed by atoms with Crippen molar-refractivity contribution in [2.24, 2.45) is 0 Å². The van der Waals surface area contributed by atoms with Gasteiger partial charge < -0.3 is 4.57 Å². The number of rotatable bonds is 4. The predicted molar refractivity (Wildman–Crippen MR) is 184 cm³/mol. The molecule has 0 atom stereocenters. The molecular formula is C43H29N. The Morgan fingerprint density at radius 2 is 0.841 bits per heavy atom. The van der Waals surface area contributed by atoms with Gasteiger partial charge >= 0.3 is 0 Å². The predicted octanol–water partition coefficient (Wildman–Crippen LogP) is 11.3. The number of hydrogen-bond acceptors (Lipinski definition) is 0. The zero-order chi connectivity index (χ0) is 29.0. The van der Waals surface area contributed by atoms with Crippen LogP contribution in [-0.4, -0.2) is 4.57 Å². The second-order valence-electron chi connectivity index (χ2n) is 11.7. The largest absolute Gasteiger partial charge is 0.309 e. The smallest absolute Gasteiger partial charge is 0.0541 e. The minimum atomic E-state index is 0.151. The molecule has 0 saturated carbocycles. The number of aromatic nitrogens is 1. The van der Waals surface area contributed by atoms with Crippen molar-refractivity contribution in [2.45, 2.75) is 5.92 Å². The molecule has 0 amide bonds. The molecule has 1 heterocycles. The van der Waals surface area contributed by atoms with E-state index in [0.29, 0.717) is 0 Å². The molecule has 1 aliphatic rings. The summed E-state index contributed by atoms with van der Waals surface area (Å²) < 4.78 is 2.45. The lowest BCUT2D eigenvalue weighted by Gasteiger charge is -2.20. The van der Waals surface area contributed by atoms with Crippen LogP contribution in [0, 0.1) is 0 Å². The van der Waals surface area contributed by atoms with Gasteiger partial charge in [-0.2, -0.15) is 0 Å². The van der Waals surface area contributed by atoms with E-state index in [1.54, 1.807) is 0 Å². The Balaban J connectivity index is 1.37. The van der Waals surface area contributed by atoms with Crippen molar-refractivity contribution in [3.8, 4) is 39.1 Å². The molecule has 1 heteroatoms. The Labute approximate surface area is 257 Å². The molecule has 0 fully saturated rings. The van der Waals surface area contributed by atoms with E-state index in [9.17, 15) is 0 Å². The van der Waals surface area contributed by atoms with E-state index >= 15 is 0 Å². The minimum absolute atomic E-state index is 0.151.